The van der Waals surface area contributed by atoms with Crippen LogP contribution in [0.4, 0.5) is 0 Å². The van der Waals surface area contributed by atoms with E-state index in [0.29, 0.717) is 25.1 Å². The minimum absolute atomic E-state index is 0.104. The predicted octanol–water partition coefficient (Wildman–Crippen LogP) is 2.62. The lowest BCUT2D eigenvalue weighted by molar-refractivity contribution is -0.121. The predicted molar refractivity (Wildman–Crippen MR) is 110 cm³/mol. The van der Waals surface area contributed by atoms with Gasteiger partial charge in [0.05, 0.1) is 11.0 Å². The zero-order valence-electron chi connectivity index (χ0n) is 15.9. The van der Waals surface area contributed by atoms with Crippen molar-refractivity contribution in [1.29, 1.82) is 0 Å². The fraction of sp³-hybridized carbons (Fsp3) is 0.227. The molecule has 0 spiro atoms. The van der Waals surface area contributed by atoms with Crippen LogP contribution in [0.15, 0.2) is 61.2 Å². The molecule has 28 heavy (non-hydrogen) atoms. The number of hydrogen-bond acceptors (Lipinski definition) is 3. The summed E-state index contributed by atoms with van der Waals surface area (Å²) in [5.41, 5.74) is 3.41. The monoisotopic (exact) mass is 376 g/mol. The number of amides is 2. The molecule has 0 radical (unpaired) electrons. The van der Waals surface area contributed by atoms with E-state index in [2.05, 4.69) is 22.2 Å². The summed E-state index contributed by atoms with van der Waals surface area (Å²) in [6.45, 7) is 6.60. The molecule has 3 aromatic rings. The van der Waals surface area contributed by atoms with Crippen LogP contribution < -0.4 is 10.6 Å². The van der Waals surface area contributed by atoms with Crippen LogP contribution in [0.1, 0.15) is 21.7 Å². The molecule has 2 N–H and O–H groups in total. The van der Waals surface area contributed by atoms with Crippen LogP contribution in [0.5, 0.6) is 0 Å². The maximum atomic E-state index is 12.3. The number of aryl methyl sites for hydroxylation is 1. The van der Waals surface area contributed by atoms with Gasteiger partial charge in [0.15, 0.2) is 0 Å². The van der Waals surface area contributed by atoms with Gasteiger partial charge in [0.25, 0.3) is 5.91 Å². The Bertz CT molecular complexity index is 1010. The van der Waals surface area contributed by atoms with E-state index in [-0.39, 0.29) is 18.4 Å². The van der Waals surface area contributed by atoms with Gasteiger partial charge in [-0.1, -0.05) is 35.9 Å². The van der Waals surface area contributed by atoms with E-state index >= 15 is 0 Å². The third-order valence-corrected chi connectivity index (χ3v) is 4.39. The number of aromatic nitrogens is 2. The fourth-order valence-corrected chi connectivity index (χ4v) is 3.05. The molecule has 0 fully saturated rings. The zero-order valence-corrected chi connectivity index (χ0v) is 15.9. The lowest BCUT2D eigenvalue weighted by Crippen LogP contribution is -2.29. The Hall–Kier alpha value is -3.41. The quantitative estimate of drug-likeness (QED) is 0.594. The van der Waals surface area contributed by atoms with Gasteiger partial charge in [-0.3, -0.25) is 9.59 Å². The minimum atomic E-state index is -0.116. The van der Waals surface area contributed by atoms with Crippen LogP contribution in [0.3, 0.4) is 0 Å². The summed E-state index contributed by atoms with van der Waals surface area (Å²) in [5.74, 6) is 0.544. The lowest BCUT2D eigenvalue weighted by Gasteiger charge is -2.10. The maximum absolute atomic E-state index is 12.3. The first-order chi connectivity index (χ1) is 13.6. The number of carbonyl (C=O) groups excluding carboxylic acids is 2. The van der Waals surface area contributed by atoms with E-state index in [1.54, 1.807) is 12.1 Å². The number of imidazole rings is 1. The summed E-state index contributed by atoms with van der Waals surface area (Å²) in [6, 6.07) is 15.2. The van der Waals surface area contributed by atoms with Crippen molar-refractivity contribution in [2.24, 2.45) is 0 Å². The second-order valence-corrected chi connectivity index (χ2v) is 6.57. The van der Waals surface area contributed by atoms with Crippen molar-refractivity contribution in [2.45, 2.75) is 19.9 Å². The number of rotatable bonds is 8. The molecule has 0 aliphatic heterocycles. The normalized spacial score (nSPS) is 10.6. The molecule has 1 aromatic heterocycles. The van der Waals surface area contributed by atoms with Gasteiger partial charge in [0.2, 0.25) is 5.91 Å². The number of benzene rings is 2. The van der Waals surface area contributed by atoms with Gasteiger partial charge in [-0.05, 0) is 31.2 Å². The molecule has 0 saturated carbocycles. The largest absolute Gasteiger partial charge is 0.352 e. The number of carbonyl (C=O) groups is 2. The Morgan fingerprint density at radius 2 is 1.96 bits per heavy atom. The van der Waals surface area contributed by atoms with E-state index in [1.807, 2.05) is 54.0 Å². The average molecular weight is 376 g/mol. The van der Waals surface area contributed by atoms with Gasteiger partial charge < -0.3 is 15.2 Å². The van der Waals surface area contributed by atoms with E-state index in [1.165, 1.54) is 0 Å². The summed E-state index contributed by atoms with van der Waals surface area (Å²) in [4.78, 5) is 29.2. The van der Waals surface area contributed by atoms with Crippen molar-refractivity contribution in [3.05, 3.63) is 78.1 Å². The first-order valence-corrected chi connectivity index (χ1v) is 9.25. The van der Waals surface area contributed by atoms with Crippen LogP contribution >= 0.6 is 0 Å². The minimum Gasteiger partial charge on any atom is -0.352 e. The lowest BCUT2D eigenvalue weighted by atomic mass is 10.1. The highest BCUT2D eigenvalue weighted by molar-refractivity contribution is 5.94. The highest BCUT2D eigenvalue weighted by Gasteiger charge is 2.14. The molecular weight excluding hydrogens is 352 g/mol. The fourth-order valence-electron chi connectivity index (χ4n) is 3.05. The third-order valence-electron chi connectivity index (χ3n) is 4.39. The maximum Gasteiger partial charge on any atom is 0.251 e. The second-order valence-electron chi connectivity index (χ2n) is 6.57. The van der Waals surface area contributed by atoms with Crippen LogP contribution in [0.25, 0.3) is 11.0 Å². The molecule has 2 aromatic carbocycles. The number of nitrogens with one attached hydrogen (secondary N) is 2. The Balaban J connectivity index is 1.71. The van der Waals surface area contributed by atoms with Crippen molar-refractivity contribution in [3.63, 3.8) is 0 Å². The number of fused-ring (bicyclic) bond motifs is 1. The van der Waals surface area contributed by atoms with Crippen molar-refractivity contribution >= 4 is 22.8 Å². The van der Waals surface area contributed by atoms with E-state index in [0.717, 1.165) is 22.4 Å². The Labute approximate surface area is 164 Å². The summed E-state index contributed by atoms with van der Waals surface area (Å²) in [6.07, 6.45) is 2.17. The molecule has 0 atom stereocenters. The molecule has 0 aliphatic rings. The summed E-state index contributed by atoms with van der Waals surface area (Å²) < 4.78 is 1.90. The smallest absolute Gasteiger partial charge is 0.251 e. The van der Waals surface area contributed by atoms with E-state index < -0.39 is 0 Å². The molecule has 6 heteroatoms. The molecule has 6 nitrogen and oxygen atoms in total. The van der Waals surface area contributed by atoms with Gasteiger partial charge in [-0.2, -0.15) is 0 Å². The Morgan fingerprint density at radius 3 is 2.75 bits per heavy atom. The second kappa shape index (κ2) is 8.99. The van der Waals surface area contributed by atoms with Crippen LogP contribution in [-0.4, -0.2) is 34.5 Å². The van der Waals surface area contributed by atoms with Crippen LogP contribution in [0, 0.1) is 6.92 Å². The van der Waals surface area contributed by atoms with Crippen LogP contribution in [-0.2, 0) is 17.8 Å². The number of nitrogens with zero attached hydrogens (tertiary/aromatic N) is 2. The first kappa shape index (κ1) is 19.4. The molecule has 1 heterocycles. The SMILES string of the molecule is C=CCNC(=O)Cn1c(CCNC(=O)c2cccc(C)c2)nc2ccccc21. The van der Waals surface area contributed by atoms with Crippen molar-refractivity contribution in [1.82, 2.24) is 20.2 Å². The highest BCUT2D eigenvalue weighted by atomic mass is 16.2. The third kappa shape index (κ3) is 4.65. The average Bonchev–Trinajstić information content (AvgIpc) is 3.03. The highest BCUT2D eigenvalue weighted by Crippen LogP contribution is 2.16. The summed E-state index contributed by atoms with van der Waals surface area (Å²) >= 11 is 0. The van der Waals surface area contributed by atoms with Crippen LogP contribution in [0.2, 0.25) is 0 Å². The number of para-hydroxylation sites is 2. The molecule has 0 bridgehead atoms. The Kier molecular flexibility index (Phi) is 6.22. The van der Waals surface area contributed by atoms with E-state index in [9.17, 15) is 9.59 Å². The van der Waals surface area contributed by atoms with Gasteiger partial charge in [-0.25, -0.2) is 4.98 Å². The zero-order chi connectivity index (χ0) is 19.9. The van der Waals surface area contributed by atoms with E-state index in [4.69, 9.17) is 0 Å². The molecule has 0 unspecified atom stereocenters. The molecule has 144 valence electrons. The standard InChI is InChI=1S/C22H24N4O2/c1-3-12-23-21(27)15-26-19-10-5-4-9-18(19)25-20(26)11-13-24-22(28)17-8-6-7-16(2)14-17/h3-10,14H,1,11-13,15H2,2H3,(H,23,27)(H,24,28). The van der Waals surface area contributed by atoms with Gasteiger partial charge in [-0.15, -0.1) is 6.58 Å². The summed E-state index contributed by atoms with van der Waals surface area (Å²) in [5, 5.41) is 5.72. The van der Waals surface area contributed by atoms with Crippen molar-refractivity contribution in [2.75, 3.05) is 13.1 Å². The molecular formula is C22H24N4O2. The Morgan fingerprint density at radius 1 is 1.14 bits per heavy atom. The molecule has 0 saturated heterocycles. The number of hydrogen-bond donors (Lipinski definition) is 2. The molecule has 2 amide bonds. The van der Waals surface area contributed by atoms with Crippen molar-refractivity contribution < 1.29 is 9.59 Å². The molecule has 0 aliphatic carbocycles. The van der Waals surface area contributed by atoms with Crippen molar-refractivity contribution in [3.8, 4) is 0 Å². The van der Waals surface area contributed by atoms with Gasteiger partial charge >= 0.3 is 0 Å². The van der Waals surface area contributed by atoms with Gasteiger partial charge in [0, 0.05) is 25.1 Å². The summed E-state index contributed by atoms with van der Waals surface area (Å²) in [7, 11) is 0. The molecule has 3 rings (SSSR count). The topological polar surface area (TPSA) is 76.0 Å². The first-order valence-electron chi connectivity index (χ1n) is 9.25. The van der Waals surface area contributed by atoms with Gasteiger partial charge in [0.1, 0.15) is 12.4 Å².